The van der Waals surface area contributed by atoms with Crippen LogP contribution in [0.3, 0.4) is 0 Å². The van der Waals surface area contributed by atoms with Gasteiger partial charge >= 0.3 is 0 Å². The first-order valence-electron chi connectivity index (χ1n) is 4.92. The van der Waals surface area contributed by atoms with Gasteiger partial charge in [0.25, 0.3) is 0 Å². The Morgan fingerprint density at radius 3 is 3.21 bits per heavy atom. The number of hydrogen-bond acceptors (Lipinski definition) is 1. The summed E-state index contributed by atoms with van der Waals surface area (Å²) in [5.41, 5.74) is 2.61. The number of rotatable bonds is 0. The monoisotopic (exact) mass is 184 g/mol. The van der Waals surface area contributed by atoms with Gasteiger partial charge in [-0.15, -0.1) is 0 Å². The minimum absolute atomic E-state index is 1.07. The lowest BCUT2D eigenvalue weighted by Gasteiger charge is -2.28. The Bertz CT molecular complexity index is 418. The first kappa shape index (κ1) is 7.80. The summed E-state index contributed by atoms with van der Waals surface area (Å²) in [6, 6.07) is 6.35. The molecule has 3 rings (SSSR count). The van der Waals surface area contributed by atoms with E-state index >= 15 is 0 Å². The van der Waals surface area contributed by atoms with E-state index in [9.17, 15) is 0 Å². The summed E-state index contributed by atoms with van der Waals surface area (Å²) in [5, 5.41) is 0. The minimum atomic E-state index is 1.07. The van der Waals surface area contributed by atoms with Crippen molar-refractivity contribution >= 4 is 5.70 Å². The molecule has 0 fully saturated rings. The summed E-state index contributed by atoms with van der Waals surface area (Å²) < 4.78 is 2.30. The van der Waals surface area contributed by atoms with E-state index < -0.39 is 0 Å². The molecule has 0 aromatic carbocycles. The number of nitrogens with zero attached hydrogens (tertiary/aromatic N) is 2. The fraction of sp³-hybridized carbons (Fsp3) is 0.167. The van der Waals surface area contributed by atoms with Crippen LogP contribution in [0, 0.1) is 6.54 Å². The molecular formula is C12H12N2+. The molecule has 2 aliphatic heterocycles. The van der Waals surface area contributed by atoms with E-state index in [4.69, 9.17) is 0 Å². The maximum atomic E-state index is 2.30. The van der Waals surface area contributed by atoms with Gasteiger partial charge in [0.2, 0.25) is 5.69 Å². The van der Waals surface area contributed by atoms with Crippen molar-refractivity contribution in [1.29, 1.82) is 0 Å². The van der Waals surface area contributed by atoms with Crippen LogP contribution in [0.4, 0.5) is 0 Å². The van der Waals surface area contributed by atoms with Crippen LogP contribution in [0.1, 0.15) is 5.69 Å². The highest BCUT2D eigenvalue weighted by Crippen LogP contribution is 2.23. The van der Waals surface area contributed by atoms with Crippen molar-refractivity contribution in [2.45, 2.75) is 6.54 Å². The fourth-order valence-corrected chi connectivity index (χ4v) is 2.02. The molecule has 0 aliphatic carbocycles. The van der Waals surface area contributed by atoms with Gasteiger partial charge in [0.15, 0.2) is 12.7 Å². The standard InChI is InChI=1S/C12H12N2/c1-3-7-13-9-10-14-8-4-2-6-12(14)11(13)5-1/h1-8H,9-10H2/q+1. The van der Waals surface area contributed by atoms with Crippen molar-refractivity contribution < 1.29 is 4.57 Å². The fourth-order valence-electron chi connectivity index (χ4n) is 2.02. The van der Waals surface area contributed by atoms with Crippen molar-refractivity contribution in [3.05, 3.63) is 54.9 Å². The van der Waals surface area contributed by atoms with Gasteiger partial charge in [-0.05, 0) is 12.1 Å². The van der Waals surface area contributed by atoms with Crippen LogP contribution in [0.2, 0.25) is 0 Å². The predicted octanol–water partition coefficient (Wildman–Crippen LogP) is 1.36. The van der Waals surface area contributed by atoms with Crippen LogP contribution in [0.5, 0.6) is 0 Å². The van der Waals surface area contributed by atoms with E-state index in [1.54, 1.807) is 0 Å². The molecule has 0 unspecified atom stereocenters. The van der Waals surface area contributed by atoms with Crippen molar-refractivity contribution in [3.63, 3.8) is 0 Å². The predicted molar refractivity (Wildman–Crippen MR) is 54.8 cm³/mol. The van der Waals surface area contributed by atoms with Gasteiger partial charge in [0.05, 0.1) is 13.1 Å². The van der Waals surface area contributed by atoms with Crippen LogP contribution in [-0.4, -0.2) is 11.4 Å². The molecule has 14 heavy (non-hydrogen) atoms. The van der Waals surface area contributed by atoms with E-state index in [0.717, 1.165) is 13.1 Å². The zero-order chi connectivity index (χ0) is 9.38. The zero-order valence-corrected chi connectivity index (χ0v) is 7.93. The first-order valence-corrected chi connectivity index (χ1v) is 4.92. The van der Waals surface area contributed by atoms with E-state index in [1.807, 2.05) is 0 Å². The van der Waals surface area contributed by atoms with Crippen molar-refractivity contribution in [3.8, 4) is 0 Å². The Kier molecular flexibility index (Phi) is 1.66. The summed E-state index contributed by atoms with van der Waals surface area (Å²) in [4.78, 5) is 2.30. The molecule has 1 radical (unpaired) electrons. The second-order valence-corrected chi connectivity index (χ2v) is 3.56. The molecule has 0 bridgehead atoms. The van der Waals surface area contributed by atoms with Gasteiger partial charge in [-0.2, -0.15) is 4.57 Å². The Balaban J connectivity index is 2.15. The minimum Gasteiger partial charge on any atom is -0.351 e. The smallest absolute Gasteiger partial charge is 0.228 e. The number of fused-ring (bicyclic) bond motifs is 3. The van der Waals surface area contributed by atoms with Gasteiger partial charge in [0, 0.05) is 12.1 Å². The molecular weight excluding hydrogens is 172 g/mol. The average molecular weight is 184 g/mol. The highest BCUT2D eigenvalue weighted by atomic mass is 15.2. The lowest BCUT2D eigenvalue weighted by Crippen LogP contribution is -2.48. The molecule has 1 aromatic rings. The largest absolute Gasteiger partial charge is 0.351 e. The molecule has 2 aliphatic rings. The second-order valence-electron chi connectivity index (χ2n) is 3.56. The quantitative estimate of drug-likeness (QED) is 0.552. The lowest BCUT2D eigenvalue weighted by atomic mass is 10.1. The molecule has 1 aromatic heterocycles. The van der Waals surface area contributed by atoms with Gasteiger partial charge in [-0.25, -0.2) is 0 Å². The third kappa shape index (κ3) is 1.07. The van der Waals surface area contributed by atoms with Crippen molar-refractivity contribution in [1.82, 2.24) is 4.90 Å². The van der Waals surface area contributed by atoms with Crippen LogP contribution in [0.25, 0.3) is 5.70 Å². The molecule has 0 amide bonds. The number of hydrogen-bond donors (Lipinski definition) is 0. The van der Waals surface area contributed by atoms with Crippen LogP contribution >= 0.6 is 0 Å². The number of pyridine rings is 1. The summed E-state index contributed by atoms with van der Waals surface area (Å²) in [6.45, 7) is 4.28. The van der Waals surface area contributed by atoms with Crippen molar-refractivity contribution in [2.75, 3.05) is 6.54 Å². The van der Waals surface area contributed by atoms with Gasteiger partial charge < -0.3 is 4.90 Å². The molecule has 0 saturated carbocycles. The Morgan fingerprint density at radius 2 is 2.21 bits per heavy atom. The molecule has 0 atom stereocenters. The topological polar surface area (TPSA) is 7.12 Å². The van der Waals surface area contributed by atoms with Crippen LogP contribution in [-0.2, 0) is 6.54 Å². The van der Waals surface area contributed by atoms with Gasteiger partial charge in [-0.1, -0.05) is 12.2 Å². The van der Waals surface area contributed by atoms with Crippen molar-refractivity contribution in [2.24, 2.45) is 0 Å². The number of allylic oxidation sites excluding steroid dienone is 2. The Hall–Kier alpha value is -1.57. The maximum Gasteiger partial charge on any atom is 0.228 e. The lowest BCUT2D eigenvalue weighted by molar-refractivity contribution is -0.702. The third-order valence-corrected chi connectivity index (χ3v) is 2.73. The summed E-state index contributed by atoms with van der Waals surface area (Å²) in [6.07, 6.45) is 8.49. The van der Waals surface area contributed by atoms with E-state index in [2.05, 4.69) is 58.6 Å². The SMILES string of the molecule is [CH]1C=CC=C2c3cccc[n+]3CCN12. The molecule has 0 spiro atoms. The van der Waals surface area contributed by atoms with Crippen LogP contribution < -0.4 is 4.57 Å². The third-order valence-electron chi connectivity index (χ3n) is 2.73. The summed E-state index contributed by atoms with van der Waals surface area (Å²) in [7, 11) is 0. The number of aromatic nitrogens is 1. The molecule has 0 saturated heterocycles. The highest BCUT2D eigenvalue weighted by Gasteiger charge is 2.26. The molecule has 0 N–H and O–H groups in total. The average Bonchev–Trinajstić information content (AvgIpc) is 2.29. The van der Waals surface area contributed by atoms with E-state index in [1.165, 1.54) is 11.4 Å². The summed E-state index contributed by atoms with van der Waals surface area (Å²) in [5.74, 6) is 0. The van der Waals surface area contributed by atoms with E-state index in [0.29, 0.717) is 0 Å². The maximum absolute atomic E-state index is 2.30. The Labute approximate surface area is 83.8 Å². The summed E-state index contributed by atoms with van der Waals surface area (Å²) >= 11 is 0. The second kappa shape index (κ2) is 2.98. The molecule has 2 nitrogen and oxygen atoms in total. The highest BCUT2D eigenvalue weighted by molar-refractivity contribution is 5.63. The Morgan fingerprint density at radius 1 is 1.21 bits per heavy atom. The van der Waals surface area contributed by atoms with Crippen LogP contribution in [0.15, 0.2) is 42.6 Å². The molecule has 69 valence electrons. The normalized spacial score (nSPS) is 18.6. The first-order chi connectivity index (χ1) is 6.95. The van der Waals surface area contributed by atoms with E-state index in [-0.39, 0.29) is 0 Å². The molecule has 3 heterocycles. The van der Waals surface area contributed by atoms with Gasteiger partial charge in [0.1, 0.15) is 5.70 Å². The molecule has 2 heteroatoms. The zero-order valence-electron chi connectivity index (χ0n) is 7.93. The van der Waals surface area contributed by atoms with Gasteiger partial charge in [-0.3, -0.25) is 0 Å².